The van der Waals surface area contributed by atoms with Gasteiger partial charge in [-0.05, 0) is 37.8 Å². The lowest BCUT2D eigenvalue weighted by Gasteiger charge is -2.36. The maximum absolute atomic E-state index is 6.09. The molecule has 2 aliphatic rings. The van der Waals surface area contributed by atoms with Crippen LogP contribution >= 0.6 is 0 Å². The van der Waals surface area contributed by atoms with Gasteiger partial charge in [-0.2, -0.15) is 0 Å². The van der Waals surface area contributed by atoms with E-state index in [1.807, 2.05) is 24.7 Å². The fourth-order valence-electron chi connectivity index (χ4n) is 4.16. The minimum Gasteiger partial charge on any atom is -0.370 e. The van der Waals surface area contributed by atoms with Gasteiger partial charge in [-0.1, -0.05) is 6.07 Å². The van der Waals surface area contributed by atoms with Crippen LogP contribution in [0.25, 0.3) is 0 Å². The molecule has 0 aliphatic carbocycles. The van der Waals surface area contributed by atoms with Crippen molar-refractivity contribution in [3.63, 3.8) is 0 Å². The molecule has 140 valence electrons. The van der Waals surface area contributed by atoms with Crippen molar-refractivity contribution in [2.24, 2.45) is 13.0 Å². The van der Waals surface area contributed by atoms with Crippen molar-refractivity contribution in [2.75, 3.05) is 31.1 Å². The van der Waals surface area contributed by atoms with Crippen LogP contribution in [0.2, 0.25) is 0 Å². The smallest absolute Gasteiger partial charge is 0.137 e. The van der Waals surface area contributed by atoms with Gasteiger partial charge in [0.25, 0.3) is 0 Å². The average Bonchev–Trinajstić information content (AvgIpc) is 3.13. The zero-order valence-electron chi connectivity index (χ0n) is 15.6. The fraction of sp³-hybridized carbons (Fsp3) is 0.600. The molecule has 2 saturated heterocycles. The Morgan fingerprint density at radius 3 is 2.77 bits per heavy atom. The van der Waals surface area contributed by atoms with E-state index in [4.69, 9.17) is 4.74 Å². The van der Waals surface area contributed by atoms with E-state index < -0.39 is 0 Å². The standard InChI is InChI=1S/C20H29N5O/c1-24-13-10-22-20(24)19-16(5-4-14-26-19)15-23-17-7-11-25(12-8-17)18-6-2-3-9-21-18/h2-3,6,9-10,13,16-17,19,23H,4-5,7-8,11-12,14-15H2,1H3/t16-,19+/m0/s1. The third-order valence-corrected chi connectivity index (χ3v) is 5.69. The van der Waals surface area contributed by atoms with Crippen LogP contribution in [0.15, 0.2) is 36.8 Å². The lowest BCUT2D eigenvalue weighted by Crippen LogP contribution is -2.45. The second-order valence-electron chi connectivity index (χ2n) is 7.45. The van der Waals surface area contributed by atoms with Gasteiger partial charge in [0.15, 0.2) is 0 Å². The summed E-state index contributed by atoms with van der Waals surface area (Å²) in [6.45, 7) is 3.99. The summed E-state index contributed by atoms with van der Waals surface area (Å²) in [5.74, 6) is 2.65. The molecule has 4 heterocycles. The number of rotatable bonds is 5. The number of ether oxygens (including phenoxy) is 1. The van der Waals surface area contributed by atoms with E-state index in [0.717, 1.165) is 57.1 Å². The first-order valence-corrected chi connectivity index (χ1v) is 9.79. The van der Waals surface area contributed by atoms with Gasteiger partial charge in [0, 0.05) is 63.8 Å². The number of nitrogens with one attached hydrogen (secondary N) is 1. The molecule has 2 aliphatic heterocycles. The number of aryl methyl sites for hydroxylation is 1. The lowest BCUT2D eigenvalue weighted by atomic mass is 9.92. The number of anilines is 1. The van der Waals surface area contributed by atoms with Crippen LogP contribution in [0.1, 0.15) is 37.6 Å². The molecule has 1 N–H and O–H groups in total. The molecule has 0 spiro atoms. The van der Waals surface area contributed by atoms with Crippen molar-refractivity contribution >= 4 is 5.82 Å². The maximum Gasteiger partial charge on any atom is 0.137 e. The second kappa shape index (κ2) is 8.18. The van der Waals surface area contributed by atoms with E-state index in [0.29, 0.717) is 12.0 Å². The summed E-state index contributed by atoms with van der Waals surface area (Å²) in [4.78, 5) is 11.4. The molecule has 2 aromatic rings. The van der Waals surface area contributed by atoms with Gasteiger partial charge in [-0.25, -0.2) is 9.97 Å². The minimum absolute atomic E-state index is 0.116. The van der Waals surface area contributed by atoms with E-state index in [-0.39, 0.29) is 6.10 Å². The SMILES string of the molecule is Cn1ccnc1[C@@H]1OCCC[C@H]1CNC1CCN(c2ccccn2)CC1. The molecule has 0 amide bonds. The Morgan fingerprint density at radius 2 is 2.04 bits per heavy atom. The quantitative estimate of drug-likeness (QED) is 0.893. The van der Waals surface area contributed by atoms with Crippen molar-refractivity contribution in [1.82, 2.24) is 19.9 Å². The van der Waals surface area contributed by atoms with Crippen molar-refractivity contribution in [1.29, 1.82) is 0 Å². The van der Waals surface area contributed by atoms with Gasteiger partial charge < -0.3 is 19.5 Å². The molecule has 6 nitrogen and oxygen atoms in total. The summed E-state index contributed by atoms with van der Waals surface area (Å²) in [7, 11) is 2.05. The zero-order valence-corrected chi connectivity index (χ0v) is 15.6. The van der Waals surface area contributed by atoms with Gasteiger partial charge in [0.2, 0.25) is 0 Å². The highest BCUT2D eigenvalue weighted by Gasteiger charge is 2.31. The predicted octanol–water partition coefficient (Wildman–Crippen LogP) is 2.54. The Kier molecular flexibility index (Phi) is 5.51. The van der Waals surface area contributed by atoms with Crippen molar-refractivity contribution in [3.8, 4) is 0 Å². The number of pyridine rings is 1. The van der Waals surface area contributed by atoms with Gasteiger partial charge in [-0.15, -0.1) is 0 Å². The molecular weight excluding hydrogens is 326 g/mol. The molecule has 0 radical (unpaired) electrons. The molecule has 4 rings (SSSR count). The number of nitrogens with zero attached hydrogens (tertiary/aromatic N) is 4. The lowest BCUT2D eigenvalue weighted by molar-refractivity contribution is -0.0351. The Labute approximate surface area is 155 Å². The highest BCUT2D eigenvalue weighted by Crippen LogP contribution is 2.32. The highest BCUT2D eigenvalue weighted by molar-refractivity contribution is 5.38. The van der Waals surface area contributed by atoms with Crippen molar-refractivity contribution < 1.29 is 4.74 Å². The van der Waals surface area contributed by atoms with Gasteiger partial charge >= 0.3 is 0 Å². The van der Waals surface area contributed by atoms with Gasteiger partial charge in [-0.3, -0.25) is 0 Å². The van der Waals surface area contributed by atoms with Crippen molar-refractivity contribution in [2.45, 2.75) is 37.8 Å². The molecular formula is C20H29N5O. The van der Waals surface area contributed by atoms with Crippen LogP contribution in [-0.4, -0.2) is 46.8 Å². The first kappa shape index (κ1) is 17.5. The largest absolute Gasteiger partial charge is 0.370 e. The number of hydrogen-bond acceptors (Lipinski definition) is 5. The number of aromatic nitrogens is 3. The Hall–Kier alpha value is -1.92. The van der Waals surface area contributed by atoms with E-state index in [1.165, 1.54) is 6.42 Å². The third kappa shape index (κ3) is 3.91. The molecule has 2 fully saturated rings. The summed E-state index contributed by atoms with van der Waals surface area (Å²) in [6, 6.07) is 6.72. The van der Waals surface area contributed by atoms with Gasteiger partial charge in [0.1, 0.15) is 17.7 Å². The molecule has 0 unspecified atom stereocenters. The Balaban J connectivity index is 1.29. The molecule has 26 heavy (non-hydrogen) atoms. The summed E-state index contributed by atoms with van der Waals surface area (Å²) in [5.41, 5.74) is 0. The first-order chi connectivity index (χ1) is 12.8. The van der Waals surface area contributed by atoms with Crippen LogP contribution in [0, 0.1) is 5.92 Å². The fourth-order valence-corrected chi connectivity index (χ4v) is 4.16. The van der Waals surface area contributed by atoms with Crippen LogP contribution in [0.4, 0.5) is 5.82 Å². The predicted molar refractivity (Wildman–Crippen MR) is 102 cm³/mol. The Morgan fingerprint density at radius 1 is 1.15 bits per heavy atom. The van der Waals surface area contributed by atoms with Gasteiger partial charge in [0.05, 0.1) is 0 Å². The van der Waals surface area contributed by atoms with Crippen LogP contribution in [0.5, 0.6) is 0 Å². The molecule has 2 aromatic heterocycles. The summed E-state index contributed by atoms with van der Waals surface area (Å²) in [5, 5.41) is 3.81. The molecule has 6 heteroatoms. The summed E-state index contributed by atoms with van der Waals surface area (Å²) < 4.78 is 8.18. The molecule has 0 saturated carbocycles. The molecule has 0 bridgehead atoms. The Bertz CT molecular complexity index is 681. The highest BCUT2D eigenvalue weighted by atomic mass is 16.5. The number of imidazole rings is 1. The first-order valence-electron chi connectivity index (χ1n) is 9.79. The average molecular weight is 355 g/mol. The van der Waals surface area contributed by atoms with Crippen LogP contribution in [-0.2, 0) is 11.8 Å². The molecule has 2 atom stereocenters. The monoisotopic (exact) mass is 355 g/mol. The topological polar surface area (TPSA) is 55.2 Å². The second-order valence-corrected chi connectivity index (χ2v) is 7.45. The number of hydrogen-bond donors (Lipinski definition) is 1. The van der Waals surface area contributed by atoms with Crippen LogP contribution < -0.4 is 10.2 Å². The van der Waals surface area contributed by atoms with E-state index in [2.05, 4.69) is 43.9 Å². The third-order valence-electron chi connectivity index (χ3n) is 5.69. The zero-order chi connectivity index (χ0) is 17.8. The van der Waals surface area contributed by atoms with E-state index in [1.54, 1.807) is 0 Å². The maximum atomic E-state index is 6.09. The molecule has 0 aromatic carbocycles. The minimum atomic E-state index is 0.116. The normalized spacial score (nSPS) is 24.7. The number of piperidine rings is 1. The van der Waals surface area contributed by atoms with Crippen molar-refractivity contribution in [3.05, 3.63) is 42.6 Å². The van der Waals surface area contributed by atoms with E-state index in [9.17, 15) is 0 Å². The van der Waals surface area contributed by atoms with Crippen LogP contribution in [0.3, 0.4) is 0 Å². The van der Waals surface area contributed by atoms with E-state index >= 15 is 0 Å². The summed E-state index contributed by atoms with van der Waals surface area (Å²) >= 11 is 0. The summed E-state index contributed by atoms with van der Waals surface area (Å²) in [6.07, 6.45) is 10.5.